The number of nitrogens with zero attached hydrogens (tertiary/aromatic N) is 3. The summed E-state index contributed by atoms with van der Waals surface area (Å²) in [6, 6.07) is 92.5. The topological polar surface area (TPSA) is 21.7 Å². The molecule has 1 aliphatic heterocycles. The summed E-state index contributed by atoms with van der Waals surface area (Å²) in [5.74, 6) is 0.933. The van der Waals surface area contributed by atoms with Crippen molar-refractivity contribution in [3.8, 4) is 61.7 Å². The van der Waals surface area contributed by atoms with Crippen LogP contribution in [-0.4, -0.2) is 9.55 Å². The van der Waals surface area contributed by atoms with E-state index in [1.807, 2.05) is 0 Å². The van der Waals surface area contributed by atoms with Crippen molar-refractivity contribution in [3.05, 3.63) is 271 Å². The zero-order chi connectivity index (χ0) is 49.3. The molecule has 3 heteroatoms. The molecule has 0 atom stereocenters. The summed E-state index contributed by atoms with van der Waals surface area (Å²) in [6.45, 7) is 5.40. The Morgan fingerprint density at radius 3 is 1.65 bits per heavy atom. The van der Waals surface area contributed by atoms with E-state index < -0.39 is 0 Å². The molecular formula is C71H50N3+. The zero-order valence-corrected chi connectivity index (χ0v) is 41.3. The second-order valence-corrected chi connectivity index (χ2v) is 19.8. The largest absolute Gasteiger partial charge is 0.292 e. The number of imidazole rings is 1. The molecule has 2 aromatic heterocycles. The molecule has 0 amide bonds. The van der Waals surface area contributed by atoms with Crippen LogP contribution in [0.1, 0.15) is 16.7 Å². The molecule has 15 rings (SSSR count). The lowest BCUT2D eigenvalue weighted by Crippen LogP contribution is -2.33. The van der Waals surface area contributed by atoms with Crippen LogP contribution in [0.25, 0.3) is 127 Å². The Balaban J connectivity index is 0.000000222. The maximum atomic E-state index is 5.12. The predicted molar refractivity (Wildman–Crippen MR) is 311 cm³/mol. The molecule has 0 aliphatic carbocycles. The highest BCUT2D eigenvalue weighted by Gasteiger charge is 2.29. The summed E-state index contributed by atoms with van der Waals surface area (Å²) in [4.78, 5) is 5.12. The van der Waals surface area contributed by atoms with E-state index in [9.17, 15) is 0 Å². The first-order valence-electron chi connectivity index (χ1n) is 25.6. The lowest BCUT2D eigenvalue weighted by atomic mass is 9.84. The Hall–Kier alpha value is -9.44. The SMILES string of the molecule is Cc1cc(C)c2c(c1)-c1ccc3ccccc3[n+]1C2.c1ccc(-n2c(-c3ccc(-c4ccc5c(-c6ccc7ccccc7c6)c6ccccc6c(-c6ccc7ccccc7c6)c5c4)cc3)nc3ccccc32)cc1. The van der Waals surface area contributed by atoms with E-state index in [1.165, 1.54) is 110 Å². The molecule has 0 spiro atoms. The predicted octanol–water partition coefficient (Wildman–Crippen LogP) is 18.1. The van der Waals surface area contributed by atoms with E-state index in [-0.39, 0.29) is 0 Å². The first kappa shape index (κ1) is 43.4. The molecule has 0 fully saturated rings. The van der Waals surface area contributed by atoms with E-state index in [0.29, 0.717) is 0 Å². The van der Waals surface area contributed by atoms with Crippen LogP contribution in [0, 0.1) is 13.8 Å². The lowest BCUT2D eigenvalue weighted by molar-refractivity contribution is -0.645. The van der Waals surface area contributed by atoms with Gasteiger partial charge in [-0.05, 0) is 162 Å². The van der Waals surface area contributed by atoms with Crippen molar-refractivity contribution in [1.82, 2.24) is 9.55 Å². The monoisotopic (exact) mass is 944 g/mol. The molecule has 0 saturated carbocycles. The van der Waals surface area contributed by atoms with E-state index in [1.54, 1.807) is 0 Å². The van der Waals surface area contributed by atoms with Crippen LogP contribution in [0.4, 0.5) is 0 Å². The number of benzene rings is 12. The third-order valence-corrected chi connectivity index (χ3v) is 15.3. The molecule has 348 valence electrons. The molecule has 0 N–H and O–H groups in total. The summed E-state index contributed by atoms with van der Waals surface area (Å²) < 4.78 is 4.70. The van der Waals surface area contributed by atoms with E-state index >= 15 is 0 Å². The standard InChI is InChI=1S/C53H34N2.C18H16N/c1-2-16-44(17-3-1)55-50-21-11-10-20-49(50)54-53(55)38-26-22-37(23-27-38)41-30-31-47-48(34-41)52(43-29-25-36-13-5-7-15-40(36)33-43)46-19-9-8-18-45(46)51(47)42-28-24-35-12-4-6-14-39(35)32-42;1-12-9-13(2)16-11-19-17-6-4-3-5-14(17)7-8-18(19)15(16)10-12/h1-34H;3-10H,11H2,1-2H3/q;+1. The molecule has 74 heavy (non-hydrogen) atoms. The number of para-hydroxylation sites is 4. The third kappa shape index (κ3) is 7.35. The van der Waals surface area contributed by atoms with Gasteiger partial charge in [-0.3, -0.25) is 4.57 Å². The molecule has 0 bridgehead atoms. The fraction of sp³-hybridized carbons (Fsp3) is 0.0423. The molecule has 14 aromatic rings. The van der Waals surface area contributed by atoms with Gasteiger partial charge in [0.05, 0.1) is 16.6 Å². The number of aromatic nitrogens is 3. The Bertz CT molecular complexity index is 4520. The van der Waals surface area contributed by atoms with Crippen LogP contribution >= 0.6 is 0 Å². The van der Waals surface area contributed by atoms with E-state index in [2.05, 4.69) is 278 Å². The minimum Gasteiger partial charge on any atom is -0.292 e. The van der Waals surface area contributed by atoms with Crippen LogP contribution in [0.5, 0.6) is 0 Å². The highest BCUT2D eigenvalue weighted by Crippen LogP contribution is 2.46. The number of fused-ring (bicyclic) bond motifs is 10. The van der Waals surface area contributed by atoms with Gasteiger partial charge in [-0.25, -0.2) is 4.98 Å². The normalized spacial score (nSPS) is 11.9. The molecule has 0 radical (unpaired) electrons. The fourth-order valence-corrected chi connectivity index (χ4v) is 11.8. The van der Waals surface area contributed by atoms with Gasteiger partial charge in [0.15, 0.2) is 6.54 Å². The Kier molecular flexibility index (Phi) is 10.4. The molecule has 3 nitrogen and oxygen atoms in total. The third-order valence-electron chi connectivity index (χ3n) is 15.3. The van der Waals surface area contributed by atoms with Crippen molar-refractivity contribution < 1.29 is 4.57 Å². The minimum absolute atomic E-state index is 0.933. The van der Waals surface area contributed by atoms with Gasteiger partial charge in [0.25, 0.3) is 0 Å². The number of hydrogen-bond donors (Lipinski definition) is 0. The first-order valence-corrected chi connectivity index (χ1v) is 25.6. The second-order valence-electron chi connectivity index (χ2n) is 19.8. The molecule has 12 aromatic carbocycles. The van der Waals surface area contributed by atoms with Crippen molar-refractivity contribution in [2.45, 2.75) is 20.4 Å². The first-order chi connectivity index (χ1) is 36.5. The zero-order valence-electron chi connectivity index (χ0n) is 41.3. The van der Waals surface area contributed by atoms with Gasteiger partial charge < -0.3 is 0 Å². The Morgan fingerprint density at radius 2 is 0.932 bits per heavy atom. The van der Waals surface area contributed by atoms with Gasteiger partial charge in [-0.15, -0.1) is 0 Å². The van der Waals surface area contributed by atoms with Gasteiger partial charge in [-0.1, -0.05) is 182 Å². The van der Waals surface area contributed by atoms with Crippen LogP contribution in [0.15, 0.2) is 255 Å². The number of aryl methyl sites for hydroxylation is 2. The molecule has 3 heterocycles. The summed E-state index contributed by atoms with van der Waals surface area (Å²) in [6.07, 6.45) is 0. The van der Waals surface area contributed by atoms with Crippen molar-refractivity contribution in [2.24, 2.45) is 0 Å². The summed E-state index contributed by atoms with van der Waals surface area (Å²) in [5, 5.41) is 11.3. The van der Waals surface area contributed by atoms with Gasteiger partial charge in [0.1, 0.15) is 5.82 Å². The quantitative estimate of drug-likeness (QED) is 0.124. The minimum atomic E-state index is 0.933. The van der Waals surface area contributed by atoms with Gasteiger partial charge in [-0.2, -0.15) is 4.57 Å². The van der Waals surface area contributed by atoms with Gasteiger partial charge in [0.2, 0.25) is 11.2 Å². The lowest BCUT2D eigenvalue weighted by Gasteiger charge is -2.19. The highest BCUT2D eigenvalue weighted by molar-refractivity contribution is 6.22. The highest BCUT2D eigenvalue weighted by atomic mass is 15.1. The van der Waals surface area contributed by atoms with Gasteiger partial charge in [0, 0.05) is 34.3 Å². The summed E-state index contributed by atoms with van der Waals surface area (Å²) in [7, 11) is 0. The van der Waals surface area contributed by atoms with E-state index in [0.717, 1.165) is 40.2 Å². The van der Waals surface area contributed by atoms with E-state index in [4.69, 9.17) is 4.98 Å². The average Bonchev–Trinajstić information content (AvgIpc) is 4.06. The smallest absolute Gasteiger partial charge is 0.213 e. The van der Waals surface area contributed by atoms with Crippen LogP contribution < -0.4 is 4.57 Å². The fourth-order valence-electron chi connectivity index (χ4n) is 11.8. The maximum Gasteiger partial charge on any atom is 0.213 e. The van der Waals surface area contributed by atoms with Crippen LogP contribution in [0.3, 0.4) is 0 Å². The molecule has 1 aliphatic rings. The van der Waals surface area contributed by atoms with Crippen molar-refractivity contribution >= 4 is 65.0 Å². The Morgan fingerprint density at radius 1 is 0.392 bits per heavy atom. The number of rotatable bonds is 5. The molecule has 0 unspecified atom stereocenters. The van der Waals surface area contributed by atoms with Crippen molar-refractivity contribution in [2.75, 3.05) is 0 Å². The van der Waals surface area contributed by atoms with Crippen molar-refractivity contribution in [3.63, 3.8) is 0 Å². The average molecular weight is 945 g/mol. The van der Waals surface area contributed by atoms with Crippen LogP contribution in [0.2, 0.25) is 0 Å². The Labute approximate surface area is 430 Å². The van der Waals surface area contributed by atoms with Gasteiger partial charge >= 0.3 is 0 Å². The maximum absolute atomic E-state index is 5.12. The van der Waals surface area contributed by atoms with Crippen molar-refractivity contribution in [1.29, 1.82) is 0 Å². The second kappa shape index (κ2) is 17.7. The number of pyridine rings is 1. The number of hydrogen-bond acceptors (Lipinski definition) is 1. The molecular weight excluding hydrogens is 895 g/mol. The summed E-state index contributed by atoms with van der Waals surface area (Å²) in [5.41, 5.74) is 19.9. The summed E-state index contributed by atoms with van der Waals surface area (Å²) >= 11 is 0. The molecule has 0 saturated heterocycles. The van der Waals surface area contributed by atoms with Crippen LogP contribution in [-0.2, 0) is 6.54 Å².